The van der Waals surface area contributed by atoms with E-state index in [0.717, 1.165) is 11.3 Å². The molecule has 0 spiro atoms. The van der Waals surface area contributed by atoms with Crippen molar-refractivity contribution in [2.24, 2.45) is 5.92 Å². The third-order valence-corrected chi connectivity index (χ3v) is 6.58. The number of aryl methyl sites for hydroxylation is 2. The van der Waals surface area contributed by atoms with Crippen molar-refractivity contribution in [3.05, 3.63) is 88.5 Å². The summed E-state index contributed by atoms with van der Waals surface area (Å²) in [6, 6.07) is 20.5. The van der Waals surface area contributed by atoms with E-state index >= 15 is 0 Å². The highest BCUT2D eigenvalue weighted by Crippen LogP contribution is 2.35. The zero-order chi connectivity index (χ0) is 27.1. The summed E-state index contributed by atoms with van der Waals surface area (Å²) in [4.78, 5) is 23.6. The Labute approximate surface area is 221 Å². The van der Waals surface area contributed by atoms with Gasteiger partial charge >= 0.3 is 5.97 Å². The highest BCUT2D eigenvalue weighted by Gasteiger charge is 2.20. The Morgan fingerprint density at radius 1 is 0.838 bits per heavy atom. The SMILES string of the molecule is COC(=O)CCNC(=O)c1ccc(C(Oc2cc(C)c(-c3ccc(C(C)C)cc3)c(C)c2)C(C)C)cc1. The number of hydrogen-bond acceptors (Lipinski definition) is 4. The summed E-state index contributed by atoms with van der Waals surface area (Å²) in [5.41, 5.74) is 7.68. The van der Waals surface area contributed by atoms with E-state index in [2.05, 4.69) is 88.0 Å². The van der Waals surface area contributed by atoms with Gasteiger partial charge in [0.15, 0.2) is 0 Å². The smallest absolute Gasteiger partial charge is 0.307 e. The van der Waals surface area contributed by atoms with Gasteiger partial charge in [-0.1, -0.05) is 64.1 Å². The molecule has 0 radical (unpaired) electrons. The first-order chi connectivity index (χ1) is 17.6. The van der Waals surface area contributed by atoms with Gasteiger partial charge in [-0.15, -0.1) is 0 Å². The van der Waals surface area contributed by atoms with Gasteiger partial charge < -0.3 is 14.8 Å². The lowest BCUT2D eigenvalue weighted by Crippen LogP contribution is -2.26. The fraction of sp³-hybridized carbons (Fsp3) is 0.375. The number of carbonyl (C=O) groups is 2. The van der Waals surface area contributed by atoms with E-state index in [9.17, 15) is 9.59 Å². The highest BCUT2D eigenvalue weighted by atomic mass is 16.5. The molecule has 5 heteroatoms. The van der Waals surface area contributed by atoms with E-state index in [4.69, 9.17) is 4.74 Å². The van der Waals surface area contributed by atoms with Crippen LogP contribution in [0, 0.1) is 19.8 Å². The van der Waals surface area contributed by atoms with Crippen molar-refractivity contribution in [2.45, 2.75) is 60.0 Å². The summed E-state index contributed by atoms with van der Waals surface area (Å²) >= 11 is 0. The molecule has 37 heavy (non-hydrogen) atoms. The Morgan fingerprint density at radius 3 is 1.92 bits per heavy atom. The first-order valence-electron chi connectivity index (χ1n) is 12.9. The molecule has 0 saturated heterocycles. The van der Waals surface area contributed by atoms with E-state index < -0.39 is 0 Å². The van der Waals surface area contributed by atoms with Gasteiger partial charge in [-0.2, -0.15) is 0 Å². The van der Waals surface area contributed by atoms with E-state index in [1.165, 1.54) is 34.9 Å². The molecule has 1 unspecified atom stereocenters. The van der Waals surface area contributed by atoms with Crippen molar-refractivity contribution < 1.29 is 19.1 Å². The van der Waals surface area contributed by atoms with Crippen LogP contribution in [0.25, 0.3) is 11.1 Å². The fourth-order valence-electron chi connectivity index (χ4n) is 4.52. The normalized spacial score (nSPS) is 11.9. The van der Waals surface area contributed by atoms with E-state index in [1.807, 2.05) is 12.1 Å². The molecule has 5 nitrogen and oxygen atoms in total. The van der Waals surface area contributed by atoms with Crippen LogP contribution < -0.4 is 10.1 Å². The molecular formula is C32H39NO4. The maximum Gasteiger partial charge on any atom is 0.307 e. The minimum atomic E-state index is -0.352. The molecule has 1 N–H and O–H groups in total. The molecule has 3 aromatic rings. The monoisotopic (exact) mass is 501 g/mol. The highest BCUT2D eigenvalue weighted by molar-refractivity contribution is 5.94. The van der Waals surface area contributed by atoms with Crippen molar-refractivity contribution in [2.75, 3.05) is 13.7 Å². The zero-order valence-corrected chi connectivity index (χ0v) is 23.1. The molecule has 0 fully saturated rings. The number of carbonyl (C=O) groups excluding carboxylic acids is 2. The second kappa shape index (κ2) is 12.6. The minimum absolute atomic E-state index is 0.143. The van der Waals surface area contributed by atoms with Gasteiger partial charge in [-0.25, -0.2) is 0 Å². The quantitative estimate of drug-likeness (QED) is 0.299. The van der Waals surface area contributed by atoms with Gasteiger partial charge in [0.25, 0.3) is 5.91 Å². The summed E-state index contributed by atoms with van der Waals surface area (Å²) in [7, 11) is 1.33. The second-order valence-corrected chi connectivity index (χ2v) is 10.2. The fourth-order valence-corrected chi connectivity index (χ4v) is 4.52. The lowest BCUT2D eigenvalue weighted by molar-refractivity contribution is -0.140. The molecular weight excluding hydrogens is 462 g/mol. The summed E-state index contributed by atoms with van der Waals surface area (Å²) < 4.78 is 11.1. The minimum Gasteiger partial charge on any atom is -0.485 e. The van der Waals surface area contributed by atoms with Crippen molar-refractivity contribution in [1.29, 1.82) is 0 Å². The third-order valence-electron chi connectivity index (χ3n) is 6.58. The van der Waals surface area contributed by atoms with Gasteiger partial charge in [0.1, 0.15) is 11.9 Å². The lowest BCUT2D eigenvalue weighted by Gasteiger charge is -2.24. The molecule has 0 aliphatic rings. The largest absolute Gasteiger partial charge is 0.485 e. The Morgan fingerprint density at radius 2 is 1.41 bits per heavy atom. The average molecular weight is 502 g/mol. The molecule has 0 aliphatic heterocycles. The van der Waals surface area contributed by atoms with Crippen LogP contribution in [-0.4, -0.2) is 25.5 Å². The van der Waals surface area contributed by atoms with Crippen LogP contribution in [0.1, 0.15) is 78.7 Å². The van der Waals surface area contributed by atoms with E-state index in [1.54, 1.807) is 12.1 Å². The molecule has 0 saturated carbocycles. The Kier molecular flexibility index (Phi) is 9.51. The number of benzene rings is 3. The van der Waals surface area contributed by atoms with Crippen LogP contribution in [0.3, 0.4) is 0 Å². The van der Waals surface area contributed by atoms with Crippen LogP contribution in [0.4, 0.5) is 0 Å². The van der Waals surface area contributed by atoms with Crippen LogP contribution in [-0.2, 0) is 9.53 Å². The summed E-state index contributed by atoms with van der Waals surface area (Å²) in [5.74, 6) is 0.996. The first-order valence-corrected chi connectivity index (χ1v) is 12.9. The van der Waals surface area contributed by atoms with E-state index in [-0.39, 0.29) is 36.9 Å². The molecule has 1 atom stereocenters. The molecule has 1 amide bonds. The molecule has 3 rings (SSSR count). The standard InChI is InChI=1S/C32H39NO4/c1-20(2)24-8-10-25(11-9-24)30-22(5)18-28(19-23(30)6)37-31(21(3)4)26-12-14-27(15-13-26)32(35)33-17-16-29(34)36-7/h8-15,18-21,31H,16-17H2,1-7H3,(H,33,35). The molecule has 3 aromatic carbocycles. The molecule has 0 aromatic heterocycles. The number of methoxy groups -OCH3 is 1. The first kappa shape index (κ1) is 28.0. The van der Waals surface area contributed by atoms with Gasteiger partial charge in [0, 0.05) is 12.1 Å². The predicted molar refractivity (Wildman–Crippen MR) is 149 cm³/mol. The second-order valence-electron chi connectivity index (χ2n) is 10.2. The number of esters is 1. The third kappa shape index (κ3) is 7.22. The molecule has 0 aliphatic carbocycles. The molecule has 0 bridgehead atoms. The van der Waals surface area contributed by atoms with Crippen molar-refractivity contribution >= 4 is 11.9 Å². The summed E-state index contributed by atoms with van der Waals surface area (Å²) in [6.45, 7) is 13.2. The summed E-state index contributed by atoms with van der Waals surface area (Å²) in [5, 5.41) is 2.74. The Hall–Kier alpha value is -3.60. The van der Waals surface area contributed by atoms with Crippen molar-refractivity contribution in [1.82, 2.24) is 5.32 Å². The van der Waals surface area contributed by atoms with Gasteiger partial charge in [0.05, 0.1) is 13.5 Å². The van der Waals surface area contributed by atoms with Crippen molar-refractivity contribution in [3.8, 4) is 16.9 Å². The van der Waals surface area contributed by atoms with Gasteiger partial charge in [-0.05, 0) is 83.3 Å². The average Bonchev–Trinajstić information content (AvgIpc) is 2.87. The Balaban J connectivity index is 1.75. The predicted octanol–water partition coefficient (Wildman–Crippen LogP) is 7.16. The number of nitrogens with one attached hydrogen (secondary N) is 1. The number of ether oxygens (including phenoxy) is 2. The van der Waals surface area contributed by atoms with E-state index in [0.29, 0.717) is 11.5 Å². The maximum absolute atomic E-state index is 12.4. The van der Waals surface area contributed by atoms with Crippen LogP contribution in [0.15, 0.2) is 60.7 Å². The number of rotatable bonds is 10. The number of hydrogen-bond donors (Lipinski definition) is 1. The maximum atomic E-state index is 12.4. The number of amides is 1. The van der Waals surface area contributed by atoms with Crippen LogP contribution in [0.5, 0.6) is 5.75 Å². The zero-order valence-electron chi connectivity index (χ0n) is 23.1. The Bertz CT molecular complexity index is 1190. The van der Waals surface area contributed by atoms with Crippen molar-refractivity contribution in [3.63, 3.8) is 0 Å². The van der Waals surface area contributed by atoms with Gasteiger partial charge in [-0.3, -0.25) is 9.59 Å². The topological polar surface area (TPSA) is 64.6 Å². The lowest BCUT2D eigenvalue weighted by atomic mass is 9.93. The van der Waals surface area contributed by atoms with Crippen LogP contribution >= 0.6 is 0 Å². The van der Waals surface area contributed by atoms with Crippen LogP contribution in [0.2, 0.25) is 0 Å². The molecule has 0 heterocycles. The molecule has 196 valence electrons. The summed E-state index contributed by atoms with van der Waals surface area (Å²) in [6.07, 6.45) is -0.0174. The van der Waals surface area contributed by atoms with Gasteiger partial charge in [0.2, 0.25) is 0 Å².